The second kappa shape index (κ2) is 8.80. The monoisotopic (exact) mass is 355 g/mol. The molecule has 0 bridgehead atoms. The third-order valence-corrected chi connectivity index (χ3v) is 3.56. The first-order valence-electron chi connectivity index (χ1n) is 8.16. The van der Waals surface area contributed by atoms with Gasteiger partial charge >= 0.3 is 5.97 Å². The van der Waals surface area contributed by atoms with Gasteiger partial charge in [-0.15, -0.1) is 0 Å². The van der Waals surface area contributed by atoms with Crippen LogP contribution in [-0.2, 0) is 14.3 Å². The first-order chi connectivity index (χ1) is 12.3. The number of benzene rings is 2. The summed E-state index contributed by atoms with van der Waals surface area (Å²) in [5, 5.41) is 2.59. The lowest BCUT2D eigenvalue weighted by molar-refractivity contribution is -0.153. The summed E-state index contributed by atoms with van der Waals surface area (Å²) in [6.45, 7) is 4.52. The van der Waals surface area contributed by atoms with Gasteiger partial charge in [0.2, 0.25) is 0 Å². The number of esters is 1. The van der Waals surface area contributed by atoms with E-state index in [1.807, 2.05) is 19.1 Å². The number of carbonyl (C=O) groups excluding carboxylic acids is 3. The Kier molecular flexibility index (Phi) is 6.49. The summed E-state index contributed by atoms with van der Waals surface area (Å²) in [6, 6.07) is 13.7. The molecule has 6 heteroatoms. The maximum atomic E-state index is 11.9. The molecule has 1 N–H and O–H groups in total. The van der Waals surface area contributed by atoms with Gasteiger partial charge in [0.15, 0.2) is 18.5 Å². The van der Waals surface area contributed by atoms with E-state index < -0.39 is 24.6 Å². The molecule has 6 nitrogen and oxygen atoms in total. The summed E-state index contributed by atoms with van der Waals surface area (Å²) in [6.07, 6.45) is -0.834. The van der Waals surface area contributed by atoms with Crippen LogP contribution in [0, 0.1) is 6.92 Å². The van der Waals surface area contributed by atoms with Gasteiger partial charge in [0.25, 0.3) is 5.91 Å². The number of ether oxygens (including phenoxy) is 2. The van der Waals surface area contributed by atoms with E-state index in [9.17, 15) is 14.4 Å². The lowest BCUT2D eigenvalue weighted by Crippen LogP contribution is -2.29. The molecule has 0 fully saturated rings. The zero-order chi connectivity index (χ0) is 19.1. The number of hydrogen-bond acceptors (Lipinski definition) is 5. The molecule has 136 valence electrons. The van der Waals surface area contributed by atoms with Crippen LogP contribution in [-0.4, -0.2) is 30.4 Å². The summed E-state index contributed by atoms with van der Waals surface area (Å²) in [4.78, 5) is 35.0. The average molecular weight is 355 g/mol. The van der Waals surface area contributed by atoms with Crippen molar-refractivity contribution in [2.24, 2.45) is 0 Å². The summed E-state index contributed by atoms with van der Waals surface area (Å²) in [5.41, 5.74) is 2.08. The van der Waals surface area contributed by atoms with Gasteiger partial charge in [0.05, 0.1) is 0 Å². The molecular weight excluding hydrogens is 334 g/mol. The van der Waals surface area contributed by atoms with Crippen LogP contribution >= 0.6 is 0 Å². The molecule has 1 atom stereocenters. The second-order valence-electron chi connectivity index (χ2n) is 5.87. The molecule has 2 aromatic rings. The zero-order valence-electron chi connectivity index (χ0n) is 14.9. The van der Waals surface area contributed by atoms with Crippen LogP contribution in [0.5, 0.6) is 5.75 Å². The molecule has 0 radical (unpaired) electrons. The van der Waals surface area contributed by atoms with Crippen LogP contribution in [0.3, 0.4) is 0 Å². The number of rotatable bonds is 7. The van der Waals surface area contributed by atoms with Gasteiger partial charge in [0.1, 0.15) is 5.75 Å². The predicted octanol–water partition coefficient (Wildman–Crippen LogP) is 3.15. The van der Waals surface area contributed by atoms with E-state index in [1.165, 1.54) is 6.92 Å². The highest BCUT2D eigenvalue weighted by Gasteiger charge is 2.18. The van der Waals surface area contributed by atoms with Crippen molar-refractivity contribution in [3.05, 3.63) is 59.7 Å². The third kappa shape index (κ3) is 5.73. The lowest BCUT2D eigenvalue weighted by Gasteiger charge is -2.14. The fraction of sp³-hybridized carbons (Fsp3) is 0.250. The van der Waals surface area contributed by atoms with Crippen LogP contribution in [0.2, 0.25) is 0 Å². The van der Waals surface area contributed by atoms with Gasteiger partial charge in [-0.1, -0.05) is 12.1 Å². The molecule has 0 saturated heterocycles. The Labute approximate surface area is 152 Å². The van der Waals surface area contributed by atoms with Crippen LogP contribution < -0.4 is 10.1 Å². The Bertz CT molecular complexity index is 798. The van der Waals surface area contributed by atoms with Crippen molar-refractivity contribution in [3.63, 3.8) is 0 Å². The third-order valence-electron chi connectivity index (χ3n) is 3.56. The van der Waals surface area contributed by atoms with Gasteiger partial charge < -0.3 is 14.8 Å². The molecule has 26 heavy (non-hydrogen) atoms. The van der Waals surface area contributed by atoms with E-state index in [2.05, 4.69) is 5.32 Å². The number of carbonyl (C=O) groups is 3. The smallest absolute Gasteiger partial charge is 0.347 e. The molecule has 2 aromatic carbocycles. The van der Waals surface area contributed by atoms with Crippen molar-refractivity contribution in [1.29, 1.82) is 0 Å². The number of aryl methyl sites for hydroxylation is 1. The molecule has 0 aliphatic carbocycles. The van der Waals surface area contributed by atoms with E-state index in [-0.39, 0.29) is 5.78 Å². The molecule has 0 aliphatic heterocycles. The molecule has 0 saturated carbocycles. The van der Waals surface area contributed by atoms with E-state index in [4.69, 9.17) is 9.47 Å². The van der Waals surface area contributed by atoms with Gasteiger partial charge in [0, 0.05) is 11.3 Å². The van der Waals surface area contributed by atoms with Gasteiger partial charge in [-0.05, 0) is 62.7 Å². The van der Waals surface area contributed by atoms with Crippen LogP contribution in [0.25, 0.3) is 0 Å². The topological polar surface area (TPSA) is 81.7 Å². The van der Waals surface area contributed by atoms with Crippen molar-refractivity contribution in [3.8, 4) is 5.75 Å². The van der Waals surface area contributed by atoms with Gasteiger partial charge in [-0.2, -0.15) is 0 Å². The lowest BCUT2D eigenvalue weighted by atomic mass is 10.1. The Balaban J connectivity index is 1.80. The average Bonchev–Trinajstić information content (AvgIpc) is 2.60. The summed E-state index contributed by atoms with van der Waals surface area (Å²) in [7, 11) is 0. The highest BCUT2D eigenvalue weighted by molar-refractivity contribution is 5.96. The number of anilines is 1. The number of nitrogens with one attached hydrogen (secondary N) is 1. The van der Waals surface area contributed by atoms with Crippen LogP contribution in [0.4, 0.5) is 5.69 Å². The highest BCUT2D eigenvalue weighted by atomic mass is 16.6. The predicted molar refractivity (Wildman–Crippen MR) is 97.3 cm³/mol. The van der Waals surface area contributed by atoms with E-state index in [0.717, 1.165) is 5.56 Å². The zero-order valence-corrected chi connectivity index (χ0v) is 14.9. The van der Waals surface area contributed by atoms with Gasteiger partial charge in [-0.3, -0.25) is 9.59 Å². The van der Waals surface area contributed by atoms with Crippen molar-refractivity contribution in [2.75, 3.05) is 11.9 Å². The Morgan fingerprint density at radius 3 is 2.38 bits per heavy atom. The fourth-order valence-electron chi connectivity index (χ4n) is 2.18. The first-order valence-corrected chi connectivity index (χ1v) is 8.16. The Morgan fingerprint density at radius 1 is 1.08 bits per heavy atom. The molecule has 0 aliphatic rings. The molecule has 0 unspecified atom stereocenters. The summed E-state index contributed by atoms with van der Waals surface area (Å²) in [5.74, 6) is -0.603. The minimum absolute atomic E-state index is 0.0561. The summed E-state index contributed by atoms with van der Waals surface area (Å²) < 4.78 is 10.5. The number of ketones is 1. The minimum atomic E-state index is -0.834. The minimum Gasteiger partial charge on any atom is -0.479 e. The molecular formula is C20H21NO5. The Morgan fingerprint density at radius 2 is 1.77 bits per heavy atom. The molecule has 0 aromatic heterocycles. The quantitative estimate of drug-likeness (QED) is 0.609. The maximum Gasteiger partial charge on any atom is 0.347 e. The van der Waals surface area contributed by atoms with Crippen molar-refractivity contribution >= 4 is 23.3 Å². The van der Waals surface area contributed by atoms with Crippen molar-refractivity contribution in [1.82, 2.24) is 0 Å². The van der Waals surface area contributed by atoms with E-state index in [1.54, 1.807) is 43.3 Å². The first kappa shape index (κ1) is 19.2. The number of hydrogen-bond donors (Lipinski definition) is 1. The van der Waals surface area contributed by atoms with Crippen LogP contribution in [0.15, 0.2) is 48.5 Å². The fourth-order valence-corrected chi connectivity index (χ4v) is 2.18. The van der Waals surface area contributed by atoms with Crippen molar-refractivity contribution in [2.45, 2.75) is 26.9 Å². The SMILES string of the molecule is CC(=O)c1ccc(NC(=O)COC(=O)[C@H](C)Oc2cccc(C)c2)cc1. The van der Waals surface area contributed by atoms with Gasteiger partial charge in [-0.25, -0.2) is 4.79 Å². The second-order valence-corrected chi connectivity index (χ2v) is 5.87. The van der Waals surface area contributed by atoms with Crippen LogP contribution in [0.1, 0.15) is 29.8 Å². The number of amides is 1. The Hall–Kier alpha value is -3.15. The van der Waals surface area contributed by atoms with E-state index >= 15 is 0 Å². The highest BCUT2D eigenvalue weighted by Crippen LogP contribution is 2.15. The molecule has 2 rings (SSSR count). The molecule has 0 spiro atoms. The van der Waals surface area contributed by atoms with E-state index in [0.29, 0.717) is 17.0 Å². The normalized spacial score (nSPS) is 11.3. The molecule has 0 heterocycles. The maximum absolute atomic E-state index is 11.9. The standard InChI is InChI=1S/C20H21NO5/c1-13-5-4-6-18(11-13)26-15(3)20(24)25-12-19(23)21-17-9-7-16(8-10-17)14(2)22/h4-11,15H,12H2,1-3H3,(H,21,23)/t15-/m0/s1. The molecule has 1 amide bonds. The number of Topliss-reactive ketones (excluding diaryl/α,β-unsaturated/α-hetero) is 1. The van der Waals surface area contributed by atoms with Crippen molar-refractivity contribution < 1.29 is 23.9 Å². The largest absolute Gasteiger partial charge is 0.479 e. The summed E-state index contributed by atoms with van der Waals surface area (Å²) >= 11 is 0.